The smallest absolute Gasteiger partial charge is 0.227 e. The van der Waals surface area contributed by atoms with Gasteiger partial charge in [0.15, 0.2) is 0 Å². The van der Waals surface area contributed by atoms with Crippen LogP contribution in [0.1, 0.15) is 12.8 Å². The third-order valence-corrected chi connectivity index (χ3v) is 5.05. The van der Waals surface area contributed by atoms with Crippen LogP contribution < -0.4 is 19.7 Å². The molecule has 0 aromatic heterocycles. The van der Waals surface area contributed by atoms with Crippen molar-refractivity contribution in [2.75, 3.05) is 44.3 Å². The number of ether oxygens (including phenoxy) is 2. The average molecular weight is 382 g/mol. The summed E-state index contributed by atoms with van der Waals surface area (Å²) < 4.78 is 10.5. The van der Waals surface area contributed by atoms with Crippen molar-refractivity contribution in [1.29, 1.82) is 0 Å². The molecule has 1 aliphatic rings. The number of hydrogen-bond acceptors (Lipinski definition) is 6. The summed E-state index contributed by atoms with van der Waals surface area (Å²) in [6.07, 6.45) is 2.81. The maximum atomic E-state index is 12.5. The van der Waals surface area contributed by atoms with Gasteiger partial charge in [-0.15, -0.1) is 0 Å². The SMILES string of the molecule is COc1ccc(N2C[C@@H](C(=O)N[C@H](CO)CCSC)CC2=O)c(OC)c1. The molecule has 1 saturated heterocycles. The number of aliphatic hydroxyl groups excluding tert-OH is 1. The quantitative estimate of drug-likeness (QED) is 0.669. The molecule has 0 bridgehead atoms. The number of amides is 2. The molecule has 1 aromatic carbocycles. The summed E-state index contributed by atoms with van der Waals surface area (Å²) in [6, 6.07) is 4.93. The standard InChI is InChI=1S/C18H26N2O5S/c1-24-14-4-5-15(16(9-14)25-2)20-10-12(8-17(20)22)18(23)19-13(11-21)6-7-26-3/h4-5,9,12-13,21H,6-8,10-11H2,1-3H3,(H,19,23)/t12-,13-/m0/s1. The van der Waals surface area contributed by atoms with E-state index < -0.39 is 5.92 Å². The molecule has 2 atom stereocenters. The highest BCUT2D eigenvalue weighted by Crippen LogP contribution is 2.35. The molecule has 2 amide bonds. The van der Waals surface area contributed by atoms with E-state index in [1.54, 1.807) is 42.0 Å². The molecule has 0 unspecified atom stereocenters. The predicted octanol–water partition coefficient (Wildman–Crippen LogP) is 1.29. The number of anilines is 1. The van der Waals surface area contributed by atoms with E-state index in [0.29, 0.717) is 23.6 Å². The minimum Gasteiger partial charge on any atom is -0.497 e. The van der Waals surface area contributed by atoms with Gasteiger partial charge in [-0.25, -0.2) is 0 Å². The van der Waals surface area contributed by atoms with E-state index >= 15 is 0 Å². The molecular formula is C18H26N2O5S. The minimum atomic E-state index is -0.447. The molecule has 0 radical (unpaired) electrons. The number of aliphatic hydroxyl groups is 1. The first-order valence-corrected chi connectivity index (χ1v) is 9.86. The summed E-state index contributed by atoms with van der Waals surface area (Å²) in [6.45, 7) is 0.178. The van der Waals surface area contributed by atoms with Gasteiger partial charge >= 0.3 is 0 Å². The second-order valence-electron chi connectivity index (χ2n) is 6.11. The number of thioether (sulfide) groups is 1. The van der Waals surface area contributed by atoms with Gasteiger partial charge in [-0.3, -0.25) is 9.59 Å². The van der Waals surface area contributed by atoms with Crippen molar-refractivity contribution in [1.82, 2.24) is 5.32 Å². The van der Waals surface area contributed by atoms with Gasteiger partial charge in [-0.05, 0) is 30.6 Å². The van der Waals surface area contributed by atoms with Gasteiger partial charge in [0.05, 0.1) is 38.5 Å². The van der Waals surface area contributed by atoms with Crippen molar-refractivity contribution in [3.63, 3.8) is 0 Å². The summed E-state index contributed by atoms with van der Waals surface area (Å²) >= 11 is 1.66. The van der Waals surface area contributed by atoms with Gasteiger partial charge in [0.2, 0.25) is 11.8 Å². The molecule has 144 valence electrons. The van der Waals surface area contributed by atoms with Crippen molar-refractivity contribution < 1.29 is 24.2 Å². The molecule has 7 nitrogen and oxygen atoms in total. The van der Waals surface area contributed by atoms with Crippen LogP contribution in [0.5, 0.6) is 11.5 Å². The molecule has 1 heterocycles. The van der Waals surface area contributed by atoms with Crippen LogP contribution in [0, 0.1) is 5.92 Å². The maximum Gasteiger partial charge on any atom is 0.227 e. The first-order valence-electron chi connectivity index (χ1n) is 8.46. The van der Waals surface area contributed by atoms with Crippen LogP contribution in [0.2, 0.25) is 0 Å². The van der Waals surface area contributed by atoms with Crippen molar-refractivity contribution in [3.8, 4) is 11.5 Å². The Morgan fingerprint density at radius 3 is 2.81 bits per heavy atom. The van der Waals surface area contributed by atoms with Crippen LogP contribution in [0.4, 0.5) is 5.69 Å². The molecule has 1 aliphatic heterocycles. The highest BCUT2D eigenvalue weighted by atomic mass is 32.2. The number of methoxy groups -OCH3 is 2. The van der Waals surface area contributed by atoms with Crippen LogP contribution in [0.15, 0.2) is 18.2 Å². The monoisotopic (exact) mass is 382 g/mol. The lowest BCUT2D eigenvalue weighted by Gasteiger charge is -2.21. The molecule has 1 aromatic rings. The third-order valence-electron chi connectivity index (χ3n) is 4.41. The van der Waals surface area contributed by atoms with Crippen LogP contribution in [0.25, 0.3) is 0 Å². The van der Waals surface area contributed by atoms with E-state index in [-0.39, 0.29) is 37.4 Å². The van der Waals surface area contributed by atoms with E-state index in [9.17, 15) is 14.7 Å². The predicted molar refractivity (Wildman–Crippen MR) is 102 cm³/mol. The van der Waals surface area contributed by atoms with Crippen LogP contribution in [0.3, 0.4) is 0 Å². The molecule has 0 saturated carbocycles. The lowest BCUT2D eigenvalue weighted by Crippen LogP contribution is -2.42. The number of carbonyl (C=O) groups is 2. The first kappa shape index (κ1) is 20.4. The first-order chi connectivity index (χ1) is 12.5. The number of carbonyl (C=O) groups excluding carboxylic acids is 2. The topological polar surface area (TPSA) is 88.1 Å². The van der Waals surface area contributed by atoms with Crippen molar-refractivity contribution in [3.05, 3.63) is 18.2 Å². The highest BCUT2D eigenvalue weighted by molar-refractivity contribution is 7.98. The fourth-order valence-electron chi connectivity index (χ4n) is 2.91. The third kappa shape index (κ3) is 4.82. The van der Waals surface area contributed by atoms with Gasteiger partial charge < -0.3 is 24.8 Å². The molecule has 0 aliphatic carbocycles. The number of rotatable bonds is 9. The number of nitrogens with one attached hydrogen (secondary N) is 1. The normalized spacial score (nSPS) is 17.9. The summed E-state index contributed by atoms with van der Waals surface area (Å²) in [5, 5.41) is 12.3. The van der Waals surface area contributed by atoms with Gasteiger partial charge in [0.25, 0.3) is 0 Å². The number of nitrogens with zero attached hydrogens (tertiary/aromatic N) is 1. The zero-order chi connectivity index (χ0) is 19.1. The molecule has 0 spiro atoms. The van der Waals surface area contributed by atoms with Gasteiger partial charge in [-0.2, -0.15) is 11.8 Å². The van der Waals surface area contributed by atoms with Crippen LogP contribution in [-0.2, 0) is 9.59 Å². The Hall–Kier alpha value is -1.93. The summed E-state index contributed by atoms with van der Waals surface area (Å²) in [5.74, 6) is 1.23. The van der Waals surface area contributed by atoms with Crippen molar-refractivity contribution in [2.24, 2.45) is 5.92 Å². The molecular weight excluding hydrogens is 356 g/mol. The second-order valence-corrected chi connectivity index (χ2v) is 7.10. The molecule has 2 rings (SSSR count). The van der Waals surface area contributed by atoms with E-state index in [1.807, 2.05) is 6.26 Å². The Kier molecular flexibility index (Phi) is 7.59. The van der Waals surface area contributed by atoms with E-state index in [2.05, 4.69) is 5.32 Å². The van der Waals surface area contributed by atoms with Crippen LogP contribution >= 0.6 is 11.8 Å². The Bertz CT molecular complexity index is 640. The average Bonchev–Trinajstić information content (AvgIpc) is 3.05. The second kappa shape index (κ2) is 9.68. The maximum absolute atomic E-state index is 12.5. The Morgan fingerprint density at radius 1 is 1.42 bits per heavy atom. The van der Waals surface area contributed by atoms with Crippen LogP contribution in [-0.4, -0.2) is 62.3 Å². The summed E-state index contributed by atoms with van der Waals surface area (Å²) in [5.41, 5.74) is 0.620. The van der Waals surface area contributed by atoms with E-state index in [1.165, 1.54) is 7.11 Å². The summed E-state index contributed by atoms with van der Waals surface area (Å²) in [4.78, 5) is 26.5. The molecule has 26 heavy (non-hydrogen) atoms. The van der Waals surface area contributed by atoms with Gasteiger partial charge in [0, 0.05) is 19.0 Å². The van der Waals surface area contributed by atoms with Gasteiger partial charge in [0.1, 0.15) is 11.5 Å². The van der Waals surface area contributed by atoms with Gasteiger partial charge in [-0.1, -0.05) is 0 Å². The molecule has 2 N–H and O–H groups in total. The zero-order valence-electron chi connectivity index (χ0n) is 15.4. The van der Waals surface area contributed by atoms with E-state index in [0.717, 1.165) is 5.75 Å². The summed E-state index contributed by atoms with van der Waals surface area (Å²) in [7, 11) is 3.09. The lowest BCUT2D eigenvalue weighted by atomic mass is 10.1. The Labute approximate surface area is 158 Å². The number of benzene rings is 1. The Balaban J connectivity index is 2.07. The van der Waals surface area contributed by atoms with Crippen molar-refractivity contribution >= 4 is 29.3 Å². The lowest BCUT2D eigenvalue weighted by molar-refractivity contribution is -0.127. The number of hydrogen-bond donors (Lipinski definition) is 2. The van der Waals surface area contributed by atoms with Crippen molar-refractivity contribution in [2.45, 2.75) is 18.9 Å². The molecule has 1 fully saturated rings. The highest BCUT2D eigenvalue weighted by Gasteiger charge is 2.36. The van der Waals surface area contributed by atoms with E-state index in [4.69, 9.17) is 9.47 Å². The molecule has 8 heteroatoms. The Morgan fingerprint density at radius 2 is 2.19 bits per heavy atom. The fraction of sp³-hybridized carbons (Fsp3) is 0.556. The minimum absolute atomic E-state index is 0.108. The largest absolute Gasteiger partial charge is 0.497 e. The zero-order valence-corrected chi connectivity index (χ0v) is 16.2. The fourth-order valence-corrected chi connectivity index (χ4v) is 3.43.